The summed E-state index contributed by atoms with van der Waals surface area (Å²) in [4.78, 5) is 36.2. The van der Waals surface area contributed by atoms with E-state index in [9.17, 15) is 14.4 Å². The molecule has 7 heteroatoms. The summed E-state index contributed by atoms with van der Waals surface area (Å²) >= 11 is 5.84. The van der Waals surface area contributed by atoms with Gasteiger partial charge in [-0.15, -0.1) is 0 Å². The molecule has 1 amide bonds. The maximum Gasteiger partial charge on any atom is 0.326 e. The van der Waals surface area contributed by atoms with E-state index in [-0.39, 0.29) is 11.5 Å². The number of rotatable bonds is 6. The van der Waals surface area contributed by atoms with Crippen molar-refractivity contribution in [2.24, 2.45) is 0 Å². The van der Waals surface area contributed by atoms with E-state index in [1.54, 1.807) is 12.3 Å². The minimum absolute atomic E-state index is 0.122. The molecule has 1 saturated heterocycles. The van der Waals surface area contributed by atoms with Gasteiger partial charge in [0.1, 0.15) is 6.04 Å². The number of hydrogen-bond acceptors (Lipinski definition) is 3. The van der Waals surface area contributed by atoms with E-state index in [4.69, 9.17) is 16.7 Å². The van der Waals surface area contributed by atoms with Gasteiger partial charge in [-0.05, 0) is 31.7 Å². The van der Waals surface area contributed by atoms with Crippen molar-refractivity contribution in [2.45, 2.75) is 44.7 Å². The van der Waals surface area contributed by atoms with Gasteiger partial charge in [0.2, 0.25) is 5.91 Å². The topological polar surface area (TPSA) is 79.6 Å². The second-order valence-corrected chi connectivity index (χ2v) is 5.86. The normalized spacial score (nSPS) is 17.7. The molecule has 0 spiro atoms. The average Bonchev–Trinajstić information content (AvgIpc) is 2.96. The average molecular weight is 327 g/mol. The zero-order chi connectivity index (χ0) is 16.1. The first-order valence-corrected chi connectivity index (χ1v) is 7.75. The first-order chi connectivity index (χ1) is 10.5. The lowest BCUT2D eigenvalue weighted by Gasteiger charge is -2.21. The van der Waals surface area contributed by atoms with Crippen LogP contribution < -0.4 is 5.56 Å². The number of carboxylic acids is 1. The van der Waals surface area contributed by atoms with Gasteiger partial charge in [-0.3, -0.25) is 9.59 Å². The fraction of sp³-hybridized carbons (Fsp3) is 0.533. The van der Waals surface area contributed by atoms with Crippen molar-refractivity contribution in [3.8, 4) is 0 Å². The van der Waals surface area contributed by atoms with Crippen molar-refractivity contribution in [1.82, 2.24) is 9.47 Å². The molecule has 1 aromatic heterocycles. The van der Waals surface area contributed by atoms with Gasteiger partial charge in [-0.2, -0.15) is 0 Å². The van der Waals surface area contributed by atoms with Crippen LogP contribution in [0.2, 0.25) is 5.02 Å². The molecule has 1 N–H and O–H groups in total. The number of aliphatic carboxylic acids is 1. The summed E-state index contributed by atoms with van der Waals surface area (Å²) in [6.07, 6.45) is 4.42. The van der Waals surface area contributed by atoms with E-state index in [2.05, 4.69) is 0 Å². The lowest BCUT2D eigenvalue weighted by molar-refractivity contribution is -0.148. The fourth-order valence-corrected chi connectivity index (χ4v) is 2.88. The quantitative estimate of drug-likeness (QED) is 0.808. The van der Waals surface area contributed by atoms with Crippen LogP contribution in [-0.2, 0) is 16.1 Å². The summed E-state index contributed by atoms with van der Waals surface area (Å²) in [7, 11) is 0. The Morgan fingerprint density at radius 2 is 2.09 bits per heavy atom. The van der Waals surface area contributed by atoms with E-state index in [0.29, 0.717) is 43.8 Å². The Morgan fingerprint density at radius 1 is 1.32 bits per heavy atom. The van der Waals surface area contributed by atoms with Crippen molar-refractivity contribution in [1.29, 1.82) is 0 Å². The number of aromatic nitrogens is 1. The second kappa shape index (κ2) is 7.45. The van der Waals surface area contributed by atoms with Gasteiger partial charge in [0, 0.05) is 31.8 Å². The van der Waals surface area contributed by atoms with Crippen molar-refractivity contribution >= 4 is 23.5 Å². The number of likely N-dealkylation sites (tertiary alicyclic amines) is 1. The predicted molar refractivity (Wildman–Crippen MR) is 81.9 cm³/mol. The van der Waals surface area contributed by atoms with E-state index >= 15 is 0 Å². The highest BCUT2D eigenvalue weighted by Crippen LogP contribution is 2.19. The molecule has 0 radical (unpaired) electrons. The third-order valence-electron chi connectivity index (χ3n) is 3.85. The zero-order valence-electron chi connectivity index (χ0n) is 12.2. The molecule has 2 rings (SSSR count). The Kier molecular flexibility index (Phi) is 5.60. The molecule has 1 aliphatic rings. The number of carbonyl (C=O) groups is 2. The van der Waals surface area contributed by atoms with E-state index in [1.165, 1.54) is 15.5 Å². The highest BCUT2D eigenvalue weighted by Gasteiger charge is 2.33. The van der Waals surface area contributed by atoms with Crippen LogP contribution in [0.4, 0.5) is 0 Å². The van der Waals surface area contributed by atoms with Crippen LogP contribution in [0.15, 0.2) is 23.1 Å². The highest BCUT2D eigenvalue weighted by atomic mass is 35.5. The minimum Gasteiger partial charge on any atom is -0.480 e. The minimum atomic E-state index is -0.934. The lowest BCUT2D eigenvalue weighted by Crippen LogP contribution is -2.40. The van der Waals surface area contributed by atoms with Crippen LogP contribution in [0.1, 0.15) is 32.1 Å². The lowest BCUT2D eigenvalue weighted by atomic mass is 10.2. The molecular formula is C15H19ClN2O4. The Bertz CT molecular complexity index is 614. The molecule has 22 heavy (non-hydrogen) atoms. The molecule has 2 heterocycles. The third-order valence-corrected chi connectivity index (χ3v) is 4.07. The van der Waals surface area contributed by atoms with Gasteiger partial charge in [-0.25, -0.2) is 4.79 Å². The van der Waals surface area contributed by atoms with Crippen LogP contribution in [-0.4, -0.2) is 39.0 Å². The summed E-state index contributed by atoms with van der Waals surface area (Å²) in [6, 6.07) is 2.28. The monoisotopic (exact) mass is 326 g/mol. The van der Waals surface area contributed by atoms with Crippen LogP contribution in [0.25, 0.3) is 0 Å². The van der Waals surface area contributed by atoms with E-state index in [0.717, 1.165) is 6.42 Å². The van der Waals surface area contributed by atoms with Crippen LogP contribution in [0.5, 0.6) is 0 Å². The standard InChI is InChI=1S/C15H19ClN2O4/c16-11-6-7-13(19)17(10-11)8-2-1-5-14(20)18-9-3-4-12(18)15(21)22/h6-7,10,12H,1-5,8-9H2,(H,21,22). The van der Waals surface area contributed by atoms with Gasteiger partial charge in [0.15, 0.2) is 0 Å². The van der Waals surface area contributed by atoms with Crippen molar-refractivity contribution < 1.29 is 14.7 Å². The molecule has 1 aromatic rings. The molecule has 1 fully saturated rings. The second-order valence-electron chi connectivity index (χ2n) is 5.42. The predicted octanol–water partition coefficient (Wildman–Crippen LogP) is 1.75. The molecular weight excluding hydrogens is 308 g/mol. The van der Waals surface area contributed by atoms with Crippen LogP contribution in [0.3, 0.4) is 0 Å². The van der Waals surface area contributed by atoms with Gasteiger partial charge in [-0.1, -0.05) is 11.6 Å². The van der Waals surface area contributed by atoms with Crippen molar-refractivity contribution in [3.05, 3.63) is 33.7 Å². The first-order valence-electron chi connectivity index (χ1n) is 7.37. The third kappa shape index (κ3) is 4.10. The summed E-state index contributed by atoms with van der Waals surface area (Å²) in [5.41, 5.74) is -0.124. The number of nitrogens with zero attached hydrogens (tertiary/aromatic N) is 2. The Labute approximate surface area is 133 Å². The number of amides is 1. The SMILES string of the molecule is O=C(O)C1CCCN1C(=O)CCCCn1cc(Cl)ccc1=O. The summed E-state index contributed by atoms with van der Waals surface area (Å²) in [5, 5.41) is 9.56. The zero-order valence-corrected chi connectivity index (χ0v) is 13.0. The largest absolute Gasteiger partial charge is 0.480 e. The fourth-order valence-electron chi connectivity index (χ4n) is 2.70. The number of aryl methyl sites for hydroxylation is 1. The van der Waals surface area contributed by atoms with Crippen LogP contribution in [0, 0.1) is 0 Å². The highest BCUT2D eigenvalue weighted by molar-refractivity contribution is 6.30. The molecule has 0 bridgehead atoms. The molecule has 0 aliphatic carbocycles. The molecule has 120 valence electrons. The van der Waals surface area contributed by atoms with Gasteiger partial charge in [0.25, 0.3) is 5.56 Å². The number of carbonyl (C=O) groups excluding carboxylic acids is 1. The summed E-state index contributed by atoms with van der Waals surface area (Å²) in [5.74, 6) is -1.06. The Morgan fingerprint density at radius 3 is 2.82 bits per heavy atom. The molecule has 0 aromatic carbocycles. The Hall–Kier alpha value is -1.82. The molecule has 1 unspecified atom stereocenters. The number of carboxylic acid groups (broad SMARTS) is 1. The number of unbranched alkanes of at least 4 members (excludes halogenated alkanes) is 1. The van der Waals surface area contributed by atoms with Gasteiger partial charge >= 0.3 is 5.97 Å². The number of halogens is 1. The smallest absolute Gasteiger partial charge is 0.326 e. The van der Waals surface area contributed by atoms with Crippen molar-refractivity contribution in [2.75, 3.05) is 6.54 Å². The number of hydrogen-bond donors (Lipinski definition) is 1. The van der Waals surface area contributed by atoms with Gasteiger partial charge in [0.05, 0.1) is 5.02 Å². The van der Waals surface area contributed by atoms with E-state index in [1.807, 2.05) is 0 Å². The molecule has 1 atom stereocenters. The Balaban J connectivity index is 1.79. The molecule has 6 nitrogen and oxygen atoms in total. The van der Waals surface area contributed by atoms with Crippen LogP contribution >= 0.6 is 11.6 Å². The first kappa shape index (κ1) is 16.5. The summed E-state index contributed by atoms with van der Waals surface area (Å²) in [6.45, 7) is 1.01. The van der Waals surface area contributed by atoms with E-state index < -0.39 is 12.0 Å². The maximum atomic E-state index is 12.1. The molecule has 1 aliphatic heterocycles. The summed E-state index contributed by atoms with van der Waals surface area (Å²) < 4.78 is 1.52. The molecule has 0 saturated carbocycles. The van der Waals surface area contributed by atoms with Gasteiger partial charge < -0.3 is 14.6 Å². The number of pyridine rings is 1. The van der Waals surface area contributed by atoms with Crippen molar-refractivity contribution in [3.63, 3.8) is 0 Å². The maximum absolute atomic E-state index is 12.1.